The van der Waals surface area contributed by atoms with E-state index in [0.29, 0.717) is 24.1 Å². The van der Waals surface area contributed by atoms with Gasteiger partial charge >= 0.3 is 0 Å². The molecule has 2 aromatic carbocycles. The lowest BCUT2D eigenvalue weighted by atomic mass is 9.99. The van der Waals surface area contributed by atoms with Crippen LogP contribution in [0.3, 0.4) is 0 Å². The molecule has 4 atom stereocenters. The van der Waals surface area contributed by atoms with E-state index in [0.717, 1.165) is 36.0 Å². The summed E-state index contributed by atoms with van der Waals surface area (Å²) >= 11 is 1.67. The second-order valence-corrected chi connectivity index (χ2v) is 12.0. The fraction of sp³-hybridized carbons (Fsp3) is 0.364. The molecule has 4 N–H and O–H groups in total. The number of hydrogen-bond acceptors (Lipinski definition) is 6. The Morgan fingerprint density at radius 3 is 2.67 bits per heavy atom. The molecule has 0 radical (unpaired) electrons. The van der Waals surface area contributed by atoms with Crippen LogP contribution in [0.2, 0.25) is 0 Å². The topological polar surface area (TPSA) is 110 Å². The summed E-state index contributed by atoms with van der Waals surface area (Å²) in [5.74, 6) is -0.371. The molecule has 2 unspecified atom stereocenters. The van der Waals surface area contributed by atoms with Crippen molar-refractivity contribution in [1.82, 2.24) is 25.7 Å². The van der Waals surface area contributed by atoms with Gasteiger partial charge in [-0.25, -0.2) is 0 Å². The van der Waals surface area contributed by atoms with Crippen molar-refractivity contribution < 1.29 is 14.7 Å². The third kappa shape index (κ3) is 7.15. The number of aliphatic hydroxyl groups excluding tert-OH is 1. The van der Waals surface area contributed by atoms with E-state index < -0.39 is 12.1 Å². The molecule has 2 amide bonds. The number of aromatic amines is 1. The van der Waals surface area contributed by atoms with Gasteiger partial charge in [-0.05, 0) is 73.4 Å². The number of benzene rings is 2. The van der Waals surface area contributed by atoms with Gasteiger partial charge in [-0.3, -0.25) is 14.7 Å². The Balaban J connectivity index is 1.32. The fourth-order valence-corrected chi connectivity index (χ4v) is 6.62. The lowest BCUT2D eigenvalue weighted by Gasteiger charge is -2.27. The monoisotopic (exact) mass is 585 g/mol. The maximum atomic E-state index is 13.7. The highest BCUT2D eigenvalue weighted by molar-refractivity contribution is 7.10. The van der Waals surface area contributed by atoms with Gasteiger partial charge in [0.2, 0.25) is 0 Å². The Kier molecular flexibility index (Phi) is 9.84. The number of aromatic nitrogens is 2. The molecule has 0 saturated carbocycles. The Labute approximate surface area is 251 Å². The van der Waals surface area contributed by atoms with Crippen molar-refractivity contribution in [2.45, 2.75) is 63.8 Å². The number of H-pyrrole nitrogens is 1. The van der Waals surface area contributed by atoms with Gasteiger partial charge in [-0.15, -0.1) is 11.3 Å². The molecule has 0 aliphatic carbocycles. The maximum absolute atomic E-state index is 13.7. The average Bonchev–Trinajstić information content (AvgIpc) is 3.80. The molecule has 1 fully saturated rings. The molecule has 0 spiro atoms. The summed E-state index contributed by atoms with van der Waals surface area (Å²) < 4.78 is 0. The summed E-state index contributed by atoms with van der Waals surface area (Å²) in [6.07, 6.45) is 5.96. The quantitative estimate of drug-likeness (QED) is 0.183. The molecule has 1 aliphatic rings. The number of thiophene rings is 1. The van der Waals surface area contributed by atoms with Crippen LogP contribution in [0.5, 0.6) is 0 Å². The van der Waals surface area contributed by atoms with Crippen LogP contribution < -0.4 is 10.6 Å². The normalized spacial score (nSPS) is 17.1. The summed E-state index contributed by atoms with van der Waals surface area (Å²) in [4.78, 5) is 30.4. The Morgan fingerprint density at radius 2 is 1.95 bits per heavy atom. The molecule has 1 saturated heterocycles. The van der Waals surface area contributed by atoms with Crippen molar-refractivity contribution in [3.05, 3.63) is 111 Å². The van der Waals surface area contributed by atoms with Crippen molar-refractivity contribution >= 4 is 23.2 Å². The van der Waals surface area contributed by atoms with Crippen molar-refractivity contribution in [1.29, 1.82) is 0 Å². The first-order valence-corrected chi connectivity index (χ1v) is 15.5. The van der Waals surface area contributed by atoms with Crippen LogP contribution in [0, 0.1) is 6.92 Å². The predicted molar refractivity (Wildman–Crippen MR) is 166 cm³/mol. The first-order valence-electron chi connectivity index (χ1n) is 14.6. The number of aliphatic hydroxyl groups is 1. The van der Waals surface area contributed by atoms with E-state index in [-0.39, 0.29) is 30.4 Å². The lowest BCUT2D eigenvalue weighted by Crippen LogP contribution is -2.49. The second-order valence-electron chi connectivity index (χ2n) is 11.0. The van der Waals surface area contributed by atoms with Crippen LogP contribution in [0.25, 0.3) is 0 Å². The number of rotatable bonds is 12. The van der Waals surface area contributed by atoms with Crippen molar-refractivity contribution in [2.75, 3.05) is 13.1 Å². The largest absolute Gasteiger partial charge is 0.390 e. The van der Waals surface area contributed by atoms with Crippen molar-refractivity contribution in [2.24, 2.45) is 0 Å². The molecule has 9 heteroatoms. The van der Waals surface area contributed by atoms with Gasteiger partial charge in [-0.1, -0.05) is 43.3 Å². The van der Waals surface area contributed by atoms with Gasteiger partial charge in [0.1, 0.15) is 0 Å². The number of amides is 2. The van der Waals surface area contributed by atoms with Crippen LogP contribution in [-0.2, 0) is 6.42 Å². The SMILES string of the molecule is CCC(NC[C@@H](O)[C@H](Cc1ccccc1)NC(=O)c1cc(C)cc(C(=O)N2CCCC2c2cccs2)c1)c1cn[nH]c1. The smallest absolute Gasteiger partial charge is 0.254 e. The number of hydrogen-bond donors (Lipinski definition) is 4. The van der Waals surface area contributed by atoms with Crippen molar-refractivity contribution in [3.8, 4) is 0 Å². The van der Waals surface area contributed by atoms with Gasteiger partial charge < -0.3 is 20.6 Å². The average molecular weight is 586 g/mol. The third-order valence-corrected chi connectivity index (χ3v) is 8.93. The second kappa shape index (κ2) is 13.9. The van der Waals surface area contributed by atoms with Crippen LogP contribution in [0.1, 0.15) is 80.6 Å². The Morgan fingerprint density at radius 1 is 1.14 bits per heavy atom. The van der Waals surface area contributed by atoms with Crippen LogP contribution >= 0.6 is 11.3 Å². The molecule has 3 heterocycles. The van der Waals surface area contributed by atoms with Gasteiger partial charge in [0, 0.05) is 46.9 Å². The highest BCUT2D eigenvalue weighted by Gasteiger charge is 2.32. The highest BCUT2D eigenvalue weighted by Crippen LogP contribution is 2.35. The number of likely N-dealkylation sites (tertiary alicyclic amines) is 1. The standard InChI is InChI=1S/C33H39N5O3S/c1-3-27(26-19-35-36-20-26)34-21-30(39)28(17-23-9-5-4-6-10-23)37-32(40)24-15-22(2)16-25(18-24)33(41)38-13-7-11-29(38)31-12-8-14-42-31/h4-6,8-10,12,14-16,18-20,27-30,34,39H,3,7,11,13,17,21H2,1-2H3,(H,35,36)(H,37,40)/t27?,28-,29?,30+/m0/s1. The lowest BCUT2D eigenvalue weighted by molar-refractivity contribution is 0.0737. The minimum atomic E-state index is -0.850. The molecule has 5 rings (SSSR count). The summed E-state index contributed by atoms with van der Waals surface area (Å²) in [5.41, 5.74) is 3.79. The number of carbonyl (C=O) groups excluding carboxylic acids is 2. The summed E-state index contributed by atoms with van der Waals surface area (Å²) in [6.45, 7) is 4.96. The maximum Gasteiger partial charge on any atom is 0.254 e. The number of nitrogens with zero attached hydrogens (tertiary/aromatic N) is 2. The van der Waals surface area contributed by atoms with Crippen LogP contribution in [-0.4, -0.2) is 57.3 Å². The third-order valence-electron chi connectivity index (χ3n) is 7.95. The molecule has 1 aliphatic heterocycles. The molecule has 42 heavy (non-hydrogen) atoms. The number of nitrogens with one attached hydrogen (secondary N) is 3. The van der Waals surface area contributed by atoms with Gasteiger partial charge in [-0.2, -0.15) is 5.10 Å². The van der Waals surface area contributed by atoms with E-state index in [1.54, 1.807) is 29.7 Å². The van der Waals surface area contributed by atoms with Gasteiger partial charge in [0.15, 0.2) is 0 Å². The van der Waals surface area contributed by atoms with E-state index in [1.807, 2.05) is 65.9 Å². The van der Waals surface area contributed by atoms with Gasteiger partial charge in [0.25, 0.3) is 11.8 Å². The molecule has 220 valence electrons. The first-order chi connectivity index (χ1) is 20.4. The molecule has 4 aromatic rings. The zero-order valence-corrected chi connectivity index (χ0v) is 24.9. The summed E-state index contributed by atoms with van der Waals surface area (Å²) in [5, 5.41) is 26.7. The Hall–Kier alpha value is -3.79. The first kappa shape index (κ1) is 29.7. The molecular weight excluding hydrogens is 546 g/mol. The van der Waals surface area contributed by atoms with E-state index in [4.69, 9.17) is 0 Å². The summed E-state index contributed by atoms with van der Waals surface area (Å²) in [7, 11) is 0. The fourth-order valence-electron chi connectivity index (χ4n) is 5.75. The number of carbonyl (C=O) groups is 2. The summed E-state index contributed by atoms with van der Waals surface area (Å²) in [6, 6.07) is 18.8. The highest BCUT2D eigenvalue weighted by atomic mass is 32.1. The molecular formula is C33H39N5O3S. The van der Waals surface area contributed by atoms with E-state index in [2.05, 4.69) is 33.8 Å². The van der Waals surface area contributed by atoms with Crippen molar-refractivity contribution in [3.63, 3.8) is 0 Å². The predicted octanol–water partition coefficient (Wildman–Crippen LogP) is 5.20. The van der Waals surface area contributed by atoms with E-state index in [1.165, 1.54) is 4.88 Å². The molecule has 0 bridgehead atoms. The minimum Gasteiger partial charge on any atom is -0.390 e. The minimum absolute atomic E-state index is 0.0282. The van der Waals surface area contributed by atoms with E-state index >= 15 is 0 Å². The van der Waals surface area contributed by atoms with Crippen LogP contribution in [0.15, 0.2) is 78.4 Å². The molecule has 2 aromatic heterocycles. The van der Waals surface area contributed by atoms with Crippen LogP contribution in [0.4, 0.5) is 0 Å². The molecule has 8 nitrogen and oxygen atoms in total. The number of aryl methyl sites for hydroxylation is 1. The van der Waals surface area contributed by atoms with Gasteiger partial charge in [0.05, 0.1) is 24.4 Å². The zero-order valence-electron chi connectivity index (χ0n) is 24.1. The zero-order chi connectivity index (χ0) is 29.5. The van der Waals surface area contributed by atoms with E-state index in [9.17, 15) is 14.7 Å². The Bertz CT molecular complexity index is 1440.